The number of fused-ring (bicyclic) bond motifs is 1. The Morgan fingerprint density at radius 2 is 1.90 bits per heavy atom. The second-order valence-corrected chi connectivity index (χ2v) is 5.87. The number of rotatable bonds is 2. The third-order valence-electron chi connectivity index (χ3n) is 2.59. The third-order valence-corrected chi connectivity index (χ3v) is 4.07. The maximum atomic E-state index is 13.7. The summed E-state index contributed by atoms with van der Waals surface area (Å²) < 4.78 is 27.6. The minimum atomic E-state index is -0.771. The van der Waals surface area contributed by atoms with Gasteiger partial charge in [0.2, 0.25) is 0 Å². The van der Waals surface area contributed by atoms with Crippen molar-refractivity contribution in [2.24, 2.45) is 0 Å². The second-order valence-electron chi connectivity index (χ2n) is 4.00. The van der Waals surface area contributed by atoms with Crippen molar-refractivity contribution in [1.29, 1.82) is 0 Å². The Labute approximate surface area is 127 Å². The van der Waals surface area contributed by atoms with E-state index < -0.39 is 11.6 Å². The van der Waals surface area contributed by atoms with Crippen molar-refractivity contribution >= 4 is 55.6 Å². The summed E-state index contributed by atoms with van der Waals surface area (Å²) in [6, 6.07) is 7.08. The van der Waals surface area contributed by atoms with Gasteiger partial charge in [0.15, 0.2) is 10.9 Å². The van der Waals surface area contributed by atoms with E-state index >= 15 is 0 Å². The van der Waals surface area contributed by atoms with Gasteiger partial charge in [-0.15, -0.1) is 0 Å². The summed E-state index contributed by atoms with van der Waals surface area (Å²) in [5.74, 6) is -1.50. The molecule has 1 heterocycles. The highest BCUT2D eigenvalue weighted by Crippen LogP contribution is 2.33. The fraction of sp³-hybridized carbons (Fsp3) is 0. The molecule has 0 saturated heterocycles. The number of thiazole rings is 1. The average Bonchev–Trinajstić information content (AvgIpc) is 2.75. The highest BCUT2D eigenvalue weighted by Gasteiger charge is 2.12. The lowest BCUT2D eigenvalue weighted by molar-refractivity contribution is 0.586. The molecule has 0 fully saturated rings. The topological polar surface area (TPSA) is 24.9 Å². The van der Waals surface area contributed by atoms with Crippen LogP contribution in [-0.4, -0.2) is 4.98 Å². The molecule has 0 aliphatic carbocycles. The van der Waals surface area contributed by atoms with Gasteiger partial charge in [0.05, 0.1) is 20.9 Å². The van der Waals surface area contributed by atoms with Crippen LogP contribution < -0.4 is 5.32 Å². The second kappa shape index (κ2) is 5.16. The highest BCUT2D eigenvalue weighted by atomic mass is 35.5. The van der Waals surface area contributed by atoms with Crippen LogP contribution >= 0.6 is 34.5 Å². The van der Waals surface area contributed by atoms with Crippen molar-refractivity contribution < 1.29 is 8.78 Å². The Morgan fingerprint density at radius 1 is 1.10 bits per heavy atom. The summed E-state index contributed by atoms with van der Waals surface area (Å²) in [4.78, 5) is 4.28. The zero-order valence-electron chi connectivity index (χ0n) is 9.75. The molecule has 0 aliphatic rings. The van der Waals surface area contributed by atoms with Crippen LogP contribution in [0.25, 0.3) is 10.2 Å². The van der Waals surface area contributed by atoms with E-state index in [-0.39, 0.29) is 10.7 Å². The molecule has 0 spiro atoms. The summed E-state index contributed by atoms with van der Waals surface area (Å²) in [5, 5.41) is 3.75. The van der Waals surface area contributed by atoms with Gasteiger partial charge in [-0.25, -0.2) is 13.8 Å². The predicted octanol–water partition coefficient (Wildman–Crippen LogP) is 5.62. The van der Waals surface area contributed by atoms with Crippen molar-refractivity contribution in [2.45, 2.75) is 0 Å². The molecule has 3 rings (SSSR count). The molecule has 1 aromatic heterocycles. The van der Waals surface area contributed by atoms with Gasteiger partial charge in [-0.3, -0.25) is 0 Å². The molecule has 0 amide bonds. The smallest absolute Gasteiger partial charge is 0.188 e. The Balaban J connectivity index is 2.01. The summed E-state index contributed by atoms with van der Waals surface area (Å²) in [6.07, 6.45) is 0. The molecule has 102 valence electrons. The largest absolute Gasteiger partial charge is 0.328 e. The zero-order valence-corrected chi connectivity index (χ0v) is 12.1. The monoisotopic (exact) mass is 330 g/mol. The Bertz CT molecular complexity index is 781. The van der Waals surface area contributed by atoms with Gasteiger partial charge in [-0.2, -0.15) is 0 Å². The maximum absolute atomic E-state index is 13.7. The van der Waals surface area contributed by atoms with E-state index in [2.05, 4.69) is 10.3 Å². The van der Waals surface area contributed by atoms with Crippen LogP contribution in [0.3, 0.4) is 0 Å². The van der Waals surface area contributed by atoms with Gasteiger partial charge in [0, 0.05) is 11.1 Å². The van der Waals surface area contributed by atoms with E-state index in [0.717, 1.165) is 16.8 Å². The molecular weight excluding hydrogens is 325 g/mol. The Kier molecular flexibility index (Phi) is 3.50. The molecule has 1 N–H and O–H groups in total. The summed E-state index contributed by atoms with van der Waals surface area (Å²) in [6.45, 7) is 0. The van der Waals surface area contributed by atoms with Gasteiger partial charge < -0.3 is 5.32 Å². The minimum Gasteiger partial charge on any atom is -0.328 e. The highest BCUT2D eigenvalue weighted by molar-refractivity contribution is 7.22. The quantitative estimate of drug-likeness (QED) is 0.659. The van der Waals surface area contributed by atoms with Crippen molar-refractivity contribution in [1.82, 2.24) is 4.98 Å². The lowest BCUT2D eigenvalue weighted by Crippen LogP contribution is -1.95. The number of hydrogen-bond acceptors (Lipinski definition) is 3. The summed E-state index contributed by atoms with van der Waals surface area (Å²) >= 11 is 13.0. The predicted molar refractivity (Wildman–Crippen MR) is 79.3 cm³/mol. The van der Waals surface area contributed by atoms with Crippen LogP contribution in [0.5, 0.6) is 0 Å². The Morgan fingerprint density at radius 3 is 2.65 bits per heavy atom. The number of benzene rings is 2. The Hall–Kier alpha value is -1.43. The maximum Gasteiger partial charge on any atom is 0.188 e. The first-order valence-electron chi connectivity index (χ1n) is 5.50. The fourth-order valence-electron chi connectivity index (χ4n) is 1.72. The molecule has 20 heavy (non-hydrogen) atoms. The van der Waals surface area contributed by atoms with E-state index in [1.54, 1.807) is 12.1 Å². The van der Waals surface area contributed by atoms with Gasteiger partial charge in [-0.1, -0.05) is 34.5 Å². The van der Waals surface area contributed by atoms with Crippen molar-refractivity contribution in [2.75, 3.05) is 5.32 Å². The van der Waals surface area contributed by atoms with Gasteiger partial charge in [0.1, 0.15) is 5.82 Å². The summed E-state index contributed by atoms with van der Waals surface area (Å²) in [7, 11) is 0. The first-order chi connectivity index (χ1) is 9.52. The van der Waals surface area contributed by atoms with Gasteiger partial charge >= 0.3 is 0 Å². The molecule has 3 aromatic rings. The van der Waals surface area contributed by atoms with Gasteiger partial charge in [-0.05, 0) is 24.3 Å². The first kappa shape index (κ1) is 13.5. The molecule has 0 bridgehead atoms. The average molecular weight is 331 g/mol. The van der Waals surface area contributed by atoms with Crippen LogP contribution in [0.4, 0.5) is 19.6 Å². The molecule has 7 heteroatoms. The number of hydrogen-bond donors (Lipinski definition) is 1. The van der Waals surface area contributed by atoms with E-state index in [4.69, 9.17) is 23.2 Å². The van der Waals surface area contributed by atoms with E-state index in [9.17, 15) is 8.78 Å². The van der Waals surface area contributed by atoms with E-state index in [0.29, 0.717) is 15.7 Å². The standard InChI is InChI=1S/C13H6Cl2F2N2S/c14-6-1-2-11-10(3-6)18-13(20-11)19-12-8(15)4-7(16)5-9(12)17/h1-5H,(H,18,19). The van der Waals surface area contributed by atoms with Crippen LogP contribution in [-0.2, 0) is 0 Å². The molecular formula is C13H6Cl2F2N2S. The molecule has 2 aromatic carbocycles. The SMILES string of the molecule is Fc1cc(F)c(Nc2nc3cc(Cl)ccc3s2)c(Cl)c1. The third kappa shape index (κ3) is 2.57. The number of aromatic nitrogens is 1. The number of nitrogens with one attached hydrogen (secondary N) is 1. The molecule has 0 saturated carbocycles. The lowest BCUT2D eigenvalue weighted by atomic mass is 10.3. The van der Waals surface area contributed by atoms with Crippen molar-refractivity contribution in [3.05, 3.63) is 52.0 Å². The van der Waals surface area contributed by atoms with Gasteiger partial charge in [0.25, 0.3) is 0 Å². The van der Waals surface area contributed by atoms with E-state index in [1.807, 2.05) is 6.07 Å². The van der Waals surface area contributed by atoms with Crippen LogP contribution in [0.15, 0.2) is 30.3 Å². The fourth-order valence-corrected chi connectivity index (χ4v) is 2.98. The number of anilines is 2. The lowest BCUT2D eigenvalue weighted by Gasteiger charge is -2.06. The van der Waals surface area contributed by atoms with E-state index in [1.165, 1.54) is 11.3 Å². The number of nitrogens with zero attached hydrogens (tertiary/aromatic N) is 1. The molecule has 0 aliphatic heterocycles. The van der Waals surface area contributed by atoms with Crippen molar-refractivity contribution in [3.8, 4) is 0 Å². The number of halogens is 4. The molecule has 0 unspecified atom stereocenters. The van der Waals surface area contributed by atoms with Crippen LogP contribution in [0.2, 0.25) is 10.0 Å². The summed E-state index contributed by atoms with van der Waals surface area (Å²) in [5.41, 5.74) is 0.696. The van der Waals surface area contributed by atoms with Crippen molar-refractivity contribution in [3.63, 3.8) is 0 Å². The first-order valence-corrected chi connectivity index (χ1v) is 7.08. The van der Waals surface area contributed by atoms with Crippen LogP contribution in [0, 0.1) is 11.6 Å². The van der Waals surface area contributed by atoms with Crippen LogP contribution in [0.1, 0.15) is 0 Å². The normalized spacial score (nSPS) is 11.0. The molecule has 0 atom stereocenters. The zero-order chi connectivity index (χ0) is 14.3. The molecule has 2 nitrogen and oxygen atoms in total. The minimum absolute atomic E-state index is 0.00165. The molecule has 0 radical (unpaired) electrons.